The van der Waals surface area contributed by atoms with Gasteiger partial charge in [-0.3, -0.25) is 9.36 Å². The molecule has 0 N–H and O–H groups in total. The molecular weight excluding hydrogens is 330 g/mol. The summed E-state index contributed by atoms with van der Waals surface area (Å²) in [7, 11) is 2.95. The Morgan fingerprint density at radius 1 is 1.12 bits per heavy atom. The number of benzene rings is 1. The number of allylic oxidation sites excluding steroid dienone is 2. The summed E-state index contributed by atoms with van der Waals surface area (Å²) in [6, 6.07) is 7.15. The molecule has 1 aliphatic carbocycles. The van der Waals surface area contributed by atoms with E-state index in [1.807, 2.05) is 0 Å². The Labute approximate surface area is 152 Å². The molecule has 0 spiro atoms. The SMILES string of the molecule is COC(=O)c1cn(-c2ccc(OC)cc2)c(=O)c(C)c1C1=CCCCC1. The Kier molecular flexibility index (Phi) is 5.26. The lowest BCUT2D eigenvalue weighted by molar-refractivity contribution is 0.0599. The highest BCUT2D eigenvalue weighted by Crippen LogP contribution is 2.31. The number of rotatable bonds is 4. The number of methoxy groups -OCH3 is 2. The lowest BCUT2D eigenvalue weighted by atomic mass is 9.89. The number of hydrogen-bond donors (Lipinski definition) is 0. The van der Waals surface area contributed by atoms with E-state index in [2.05, 4.69) is 6.08 Å². The van der Waals surface area contributed by atoms with Crippen LogP contribution < -0.4 is 10.3 Å². The van der Waals surface area contributed by atoms with E-state index >= 15 is 0 Å². The third kappa shape index (κ3) is 3.29. The summed E-state index contributed by atoms with van der Waals surface area (Å²) < 4.78 is 11.7. The Balaban J connectivity index is 2.21. The van der Waals surface area contributed by atoms with Crippen LogP contribution in [0.2, 0.25) is 0 Å². The third-order valence-corrected chi connectivity index (χ3v) is 4.81. The second-order valence-corrected chi connectivity index (χ2v) is 6.38. The van der Waals surface area contributed by atoms with E-state index in [1.54, 1.807) is 44.5 Å². The molecule has 5 nitrogen and oxygen atoms in total. The Hall–Kier alpha value is -2.82. The predicted molar refractivity (Wildman–Crippen MR) is 101 cm³/mol. The van der Waals surface area contributed by atoms with Crippen molar-refractivity contribution in [2.24, 2.45) is 0 Å². The molecule has 1 heterocycles. The number of ether oxygens (including phenoxy) is 2. The van der Waals surface area contributed by atoms with Gasteiger partial charge >= 0.3 is 5.97 Å². The number of esters is 1. The van der Waals surface area contributed by atoms with Gasteiger partial charge in [0.2, 0.25) is 0 Å². The molecule has 3 rings (SSSR count). The summed E-state index contributed by atoms with van der Waals surface area (Å²) in [6.45, 7) is 1.78. The zero-order valence-corrected chi connectivity index (χ0v) is 15.4. The van der Waals surface area contributed by atoms with Gasteiger partial charge in [0.1, 0.15) is 5.75 Å². The maximum Gasteiger partial charge on any atom is 0.339 e. The molecular formula is C21H23NO4. The fourth-order valence-electron chi connectivity index (χ4n) is 3.42. The first-order valence-corrected chi connectivity index (χ1v) is 8.75. The molecule has 0 atom stereocenters. The molecule has 0 aliphatic heterocycles. The zero-order chi connectivity index (χ0) is 18.7. The molecule has 136 valence electrons. The van der Waals surface area contributed by atoms with Crippen LogP contribution in [-0.4, -0.2) is 24.8 Å². The minimum absolute atomic E-state index is 0.135. The summed E-state index contributed by atoms with van der Waals surface area (Å²) >= 11 is 0. The largest absolute Gasteiger partial charge is 0.497 e. The fourth-order valence-corrected chi connectivity index (χ4v) is 3.42. The first-order chi connectivity index (χ1) is 12.6. The smallest absolute Gasteiger partial charge is 0.339 e. The normalized spacial score (nSPS) is 13.9. The molecule has 0 fully saturated rings. The Bertz CT molecular complexity index is 907. The highest BCUT2D eigenvalue weighted by Gasteiger charge is 2.22. The quantitative estimate of drug-likeness (QED) is 0.782. The van der Waals surface area contributed by atoms with Gasteiger partial charge < -0.3 is 9.47 Å². The van der Waals surface area contributed by atoms with Crippen molar-refractivity contribution in [2.75, 3.05) is 14.2 Å². The second kappa shape index (κ2) is 7.60. The third-order valence-electron chi connectivity index (χ3n) is 4.81. The van der Waals surface area contributed by atoms with Crippen molar-refractivity contribution in [3.8, 4) is 11.4 Å². The lowest BCUT2D eigenvalue weighted by Crippen LogP contribution is -2.25. The highest BCUT2D eigenvalue weighted by atomic mass is 16.5. The fraction of sp³-hybridized carbons (Fsp3) is 0.333. The number of carbonyl (C=O) groups excluding carboxylic acids is 1. The topological polar surface area (TPSA) is 57.5 Å². The van der Waals surface area contributed by atoms with E-state index in [0.717, 1.165) is 36.8 Å². The van der Waals surface area contributed by atoms with Gasteiger partial charge in [-0.1, -0.05) is 6.08 Å². The maximum atomic E-state index is 13.0. The summed E-state index contributed by atoms with van der Waals surface area (Å²) in [5, 5.41) is 0. The van der Waals surface area contributed by atoms with Gasteiger partial charge in [-0.2, -0.15) is 0 Å². The van der Waals surface area contributed by atoms with Crippen molar-refractivity contribution in [2.45, 2.75) is 32.6 Å². The number of hydrogen-bond acceptors (Lipinski definition) is 4. The van der Waals surface area contributed by atoms with Gasteiger partial charge in [0.05, 0.1) is 19.8 Å². The van der Waals surface area contributed by atoms with E-state index in [4.69, 9.17) is 9.47 Å². The molecule has 5 heteroatoms. The molecule has 0 radical (unpaired) electrons. The number of nitrogens with zero attached hydrogens (tertiary/aromatic N) is 1. The zero-order valence-electron chi connectivity index (χ0n) is 15.4. The minimum atomic E-state index is -0.433. The van der Waals surface area contributed by atoms with E-state index in [1.165, 1.54) is 11.7 Å². The van der Waals surface area contributed by atoms with Crippen LogP contribution in [0.4, 0.5) is 0 Å². The molecule has 0 saturated heterocycles. The van der Waals surface area contributed by atoms with Crippen LogP contribution in [0.3, 0.4) is 0 Å². The lowest BCUT2D eigenvalue weighted by Gasteiger charge is -2.19. The average molecular weight is 353 g/mol. The molecule has 0 bridgehead atoms. The van der Waals surface area contributed by atoms with Gasteiger partial charge in [-0.15, -0.1) is 0 Å². The van der Waals surface area contributed by atoms with Crippen molar-refractivity contribution >= 4 is 11.5 Å². The molecule has 26 heavy (non-hydrogen) atoms. The van der Waals surface area contributed by atoms with E-state index in [-0.39, 0.29) is 5.56 Å². The van der Waals surface area contributed by atoms with Crippen LogP contribution in [0.5, 0.6) is 5.75 Å². The minimum Gasteiger partial charge on any atom is -0.497 e. The van der Waals surface area contributed by atoms with Crippen molar-refractivity contribution in [1.29, 1.82) is 0 Å². The van der Waals surface area contributed by atoms with Gasteiger partial charge in [-0.05, 0) is 62.4 Å². The maximum absolute atomic E-state index is 13.0. The molecule has 2 aromatic rings. The molecule has 0 unspecified atom stereocenters. The number of carbonyl (C=O) groups is 1. The van der Waals surface area contributed by atoms with Crippen molar-refractivity contribution in [1.82, 2.24) is 4.57 Å². The predicted octanol–water partition coefficient (Wildman–Crippen LogP) is 3.90. The van der Waals surface area contributed by atoms with E-state index in [0.29, 0.717) is 22.6 Å². The van der Waals surface area contributed by atoms with E-state index in [9.17, 15) is 9.59 Å². The summed E-state index contributed by atoms with van der Waals surface area (Å²) in [5.74, 6) is 0.271. The van der Waals surface area contributed by atoms with Crippen molar-refractivity contribution < 1.29 is 14.3 Å². The van der Waals surface area contributed by atoms with Gasteiger partial charge in [0.15, 0.2) is 0 Å². The van der Waals surface area contributed by atoms with Crippen LogP contribution >= 0.6 is 0 Å². The van der Waals surface area contributed by atoms with Crippen LogP contribution in [0.1, 0.15) is 47.2 Å². The summed E-state index contributed by atoms with van der Waals surface area (Å²) in [4.78, 5) is 25.4. The Morgan fingerprint density at radius 3 is 2.42 bits per heavy atom. The standard InChI is InChI=1S/C21H23NO4/c1-14-19(15-7-5-4-6-8-15)18(21(24)26-3)13-22(20(14)23)16-9-11-17(25-2)12-10-16/h7,9-13H,4-6,8H2,1-3H3. The first kappa shape index (κ1) is 18.0. The van der Waals surface area contributed by atoms with Crippen LogP contribution in [-0.2, 0) is 4.74 Å². The molecule has 1 aromatic carbocycles. The van der Waals surface area contributed by atoms with Gasteiger partial charge in [0.25, 0.3) is 5.56 Å². The van der Waals surface area contributed by atoms with Crippen LogP contribution in [0.15, 0.2) is 41.3 Å². The monoisotopic (exact) mass is 353 g/mol. The van der Waals surface area contributed by atoms with Crippen molar-refractivity contribution in [3.05, 3.63) is 63.6 Å². The van der Waals surface area contributed by atoms with Gasteiger partial charge in [0, 0.05) is 23.0 Å². The van der Waals surface area contributed by atoms with E-state index < -0.39 is 5.97 Å². The van der Waals surface area contributed by atoms with Crippen molar-refractivity contribution in [3.63, 3.8) is 0 Å². The molecule has 0 amide bonds. The molecule has 1 aliphatic rings. The first-order valence-electron chi connectivity index (χ1n) is 8.75. The average Bonchev–Trinajstić information content (AvgIpc) is 2.70. The summed E-state index contributed by atoms with van der Waals surface area (Å²) in [5.41, 5.74) is 3.32. The number of pyridine rings is 1. The van der Waals surface area contributed by atoms with Crippen LogP contribution in [0.25, 0.3) is 11.3 Å². The van der Waals surface area contributed by atoms with Crippen LogP contribution in [0, 0.1) is 6.92 Å². The second-order valence-electron chi connectivity index (χ2n) is 6.38. The highest BCUT2D eigenvalue weighted by molar-refractivity contribution is 5.96. The molecule has 1 aromatic heterocycles. The Morgan fingerprint density at radius 2 is 1.85 bits per heavy atom. The molecule has 0 saturated carbocycles. The van der Waals surface area contributed by atoms with Gasteiger partial charge in [-0.25, -0.2) is 4.79 Å². The number of aromatic nitrogens is 1. The summed E-state index contributed by atoms with van der Waals surface area (Å²) in [6.07, 6.45) is 7.77.